The summed E-state index contributed by atoms with van der Waals surface area (Å²) in [7, 11) is -2.91. The first kappa shape index (κ1) is 13.3. The summed E-state index contributed by atoms with van der Waals surface area (Å²) in [5.41, 5.74) is 5.57. The number of hydrogen-bond acceptors (Lipinski definition) is 3. The molecule has 0 aromatic rings. The van der Waals surface area contributed by atoms with E-state index in [1.807, 2.05) is 20.8 Å². The van der Waals surface area contributed by atoms with Crippen LogP contribution < -0.4 is 11.1 Å². The fraction of sp³-hybridized carbons (Fsp3) is 0.900. The van der Waals surface area contributed by atoms with Crippen LogP contribution >= 0.6 is 0 Å². The van der Waals surface area contributed by atoms with E-state index in [1.54, 1.807) is 0 Å². The molecule has 0 spiro atoms. The molecule has 5 nitrogen and oxygen atoms in total. The Hall–Kier alpha value is -0.780. The molecule has 1 saturated heterocycles. The number of sulfone groups is 1. The van der Waals surface area contributed by atoms with Gasteiger partial charge in [-0.2, -0.15) is 0 Å². The van der Waals surface area contributed by atoms with Gasteiger partial charge >= 0.3 is 0 Å². The highest BCUT2D eigenvalue weighted by atomic mass is 32.2. The molecule has 0 aromatic carbocycles. The van der Waals surface area contributed by atoms with Gasteiger partial charge in [-0.15, -0.1) is 0 Å². The quantitative estimate of drug-likeness (QED) is 0.514. The summed E-state index contributed by atoms with van der Waals surface area (Å²) in [6, 6.07) is -0.186. The highest BCUT2D eigenvalue weighted by Gasteiger charge is 2.24. The predicted octanol–water partition coefficient (Wildman–Crippen LogP) is 0.266. The van der Waals surface area contributed by atoms with Gasteiger partial charge in [0.1, 0.15) is 0 Å². The van der Waals surface area contributed by atoms with Gasteiger partial charge in [-0.25, -0.2) is 13.4 Å². The SMILES string of the molecule is CC(C)(C)NC(N)=NC1CCCS(=O)(=O)C1. The van der Waals surface area contributed by atoms with Gasteiger partial charge in [0.15, 0.2) is 15.8 Å². The summed E-state index contributed by atoms with van der Waals surface area (Å²) >= 11 is 0. The molecule has 1 aliphatic heterocycles. The highest BCUT2D eigenvalue weighted by Crippen LogP contribution is 2.14. The van der Waals surface area contributed by atoms with Crippen LogP contribution in [0.3, 0.4) is 0 Å². The maximum atomic E-state index is 11.4. The minimum Gasteiger partial charge on any atom is -0.370 e. The standard InChI is InChI=1S/C10H21N3O2S/c1-10(2,3)13-9(11)12-8-5-4-6-16(14,15)7-8/h8H,4-7H2,1-3H3,(H3,11,12,13). The molecule has 1 rings (SSSR count). The zero-order chi connectivity index (χ0) is 12.4. The molecule has 1 heterocycles. The molecule has 1 fully saturated rings. The third-order valence-electron chi connectivity index (χ3n) is 2.26. The lowest BCUT2D eigenvalue weighted by Gasteiger charge is -2.23. The van der Waals surface area contributed by atoms with E-state index in [0.717, 1.165) is 6.42 Å². The maximum absolute atomic E-state index is 11.4. The molecule has 0 bridgehead atoms. The van der Waals surface area contributed by atoms with Gasteiger partial charge in [0.2, 0.25) is 0 Å². The fourth-order valence-electron chi connectivity index (χ4n) is 1.71. The molecule has 0 aliphatic carbocycles. The van der Waals surface area contributed by atoms with Crippen molar-refractivity contribution in [3.05, 3.63) is 0 Å². The second-order valence-corrected chi connectivity index (χ2v) is 7.53. The van der Waals surface area contributed by atoms with Crippen LogP contribution in [0.25, 0.3) is 0 Å². The van der Waals surface area contributed by atoms with Gasteiger partial charge in [-0.3, -0.25) is 0 Å². The highest BCUT2D eigenvalue weighted by molar-refractivity contribution is 7.91. The monoisotopic (exact) mass is 247 g/mol. The van der Waals surface area contributed by atoms with Crippen LogP contribution in [0.5, 0.6) is 0 Å². The van der Waals surface area contributed by atoms with Gasteiger partial charge in [0.25, 0.3) is 0 Å². The Morgan fingerprint density at radius 3 is 2.56 bits per heavy atom. The zero-order valence-electron chi connectivity index (χ0n) is 10.2. The number of guanidine groups is 1. The Bertz CT molecular complexity index is 368. The number of nitrogens with zero attached hydrogens (tertiary/aromatic N) is 1. The van der Waals surface area contributed by atoms with Crippen molar-refractivity contribution in [2.75, 3.05) is 11.5 Å². The minimum absolute atomic E-state index is 0.125. The van der Waals surface area contributed by atoms with Gasteiger partial charge < -0.3 is 11.1 Å². The van der Waals surface area contributed by atoms with Crippen molar-refractivity contribution in [3.8, 4) is 0 Å². The van der Waals surface area contributed by atoms with Crippen molar-refractivity contribution in [2.24, 2.45) is 10.7 Å². The minimum atomic E-state index is -2.91. The van der Waals surface area contributed by atoms with Crippen molar-refractivity contribution >= 4 is 15.8 Å². The van der Waals surface area contributed by atoms with E-state index in [1.165, 1.54) is 0 Å². The summed E-state index contributed by atoms with van der Waals surface area (Å²) in [6.45, 7) is 5.94. The summed E-state index contributed by atoms with van der Waals surface area (Å²) in [5, 5.41) is 3.03. The Labute approximate surface area is 97.4 Å². The number of rotatable bonds is 1. The first-order chi connectivity index (χ1) is 7.18. The van der Waals surface area contributed by atoms with Gasteiger partial charge in [-0.05, 0) is 33.6 Å². The van der Waals surface area contributed by atoms with Crippen LogP contribution in [-0.2, 0) is 9.84 Å². The van der Waals surface area contributed by atoms with Crippen molar-refractivity contribution in [1.29, 1.82) is 0 Å². The van der Waals surface area contributed by atoms with E-state index in [9.17, 15) is 8.42 Å². The average Bonchev–Trinajstić information content (AvgIpc) is 1.96. The van der Waals surface area contributed by atoms with Gasteiger partial charge in [0.05, 0.1) is 17.5 Å². The van der Waals surface area contributed by atoms with Crippen LogP contribution in [0.4, 0.5) is 0 Å². The van der Waals surface area contributed by atoms with Crippen molar-refractivity contribution < 1.29 is 8.42 Å². The lowest BCUT2D eigenvalue weighted by atomic mass is 10.1. The Morgan fingerprint density at radius 1 is 1.44 bits per heavy atom. The predicted molar refractivity (Wildman–Crippen MR) is 66.2 cm³/mol. The second kappa shape index (κ2) is 4.61. The normalized spacial score (nSPS) is 26.4. The van der Waals surface area contributed by atoms with Crippen LogP contribution in [0.1, 0.15) is 33.6 Å². The Balaban J connectivity index is 2.62. The Kier molecular flexibility index (Phi) is 3.83. The van der Waals surface area contributed by atoms with E-state index in [4.69, 9.17) is 5.73 Å². The lowest BCUT2D eigenvalue weighted by molar-refractivity contribution is 0.503. The van der Waals surface area contributed by atoms with E-state index < -0.39 is 9.84 Å². The molecular weight excluding hydrogens is 226 g/mol. The molecule has 0 saturated carbocycles. The number of nitrogens with two attached hydrogens (primary N) is 1. The van der Waals surface area contributed by atoms with Crippen LogP contribution in [-0.4, -0.2) is 37.5 Å². The third-order valence-corrected chi connectivity index (χ3v) is 4.07. The fourth-order valence-corrected chi connectivity index (χ4v) is 3.31. The molecule has 0 aromatic heterocycles. The zero-order valence-corrected chi connectivity index (χ0v) is 11.0. The number of aliphatic imine (C=N–C) groups is 1. The smallest absolute Gasteiger partial charge is 0.189 e. The molecular formula is C10H21N3O2S. The molecule has 3 N–H and O–H groups in total. The van der Waals surface area contributed by atoms with E-state index in [-0.39, 0.29) is 23.1 Å². The van der Waals surface area contributed by atoms with Crippen LogP contribution in [0.2, 0.25) is 0 Å². The summed E-state index contributed by atoms with van der Waals surface area (Å²) in [5.74, 6) is 0.736. The largest absolute Gasteiger partial charge is 0.370 e. The molecule has 94 valence electrons. The topological polar surface area (TPSA) is 84.5 Å². The average molecular weight is 247 g/mol. The van der Waals surface area contributed by atoms with E-state index >= 15 is 0 Å². The van der Waals surface area contributed by atoms with E-state index in [2.05, 4.69) is 10.3 Å². The molecule has 1 unspecified atom stereocenters. The third kappa shape index (κ3) is 4.83. The molecule has 1 aliphatic rings. The molecule has 0 radical (unpaired) electrons. The van der Waals surface area contributed by atoms with Gasteiger partial charge in [0, 0.05) is 5.54 Å². The number of nitrogens with one attached hydrogen (secondary N) is 1. The lowest BCUT2D eigenvalue weighted by Crippen LogP contribution is -2.46. The van der Waals surface area contributed by atoms with Crippen LogP contribution in [0.15, 0.2) is 4.99 Å². The second-order valence-electron chi connectivity index (χ2n) is 5.30. The Morgan fingerprint density at radius 2 is 2.06 bits per heavy atom. The summed E-state index contributed by atoms with van der Waals surface area (Å²) < 4.78 is 22.8. The van der Waals surface area contributed by atoms with E-state index in [0.29, 0.717) is 12.4 Å². The molecule has 16 heavy (non-hydrogen) atoms. The number of hydrogen-bond donors (Lipinski definition) is 2. The van der Waals surface area contributed by atoms with Gasteiger partial charge in [-0.1, -0.05) is 0 Å². The van der Waals surface area contributed by atoms with Crippen LogP contribution in [0, 0.1) is 0 Å². The summed E-state index contributed by atoms with van der Waals surface area (Å²) in [4.78, 5) is 4.22. The van der Waals surface area contributed by atoms with Crippen molar-refractivity contribution in [1.82, 2.24) is 5.32 Å². The molecule has 1 atom stereocenters. The molecule has 6 heteroatoms. The first-order valence-electron chi connectivity index (χ1n) is 5.50. The first-order valence-corrected chi connectivity index (χ1v) is 7.32. The van der Waals surface area contributed by atoms with Crippen molar-refractivity contribution in [2.45, 2.75) is 45.2 Å². The maximum Gasteiger partial charge on any atom is 0.189 e. The molecule has 0 amide bonds. The van der Waals surface area contributed by atoms with Crippen molar-refractivity contribution in [3.63, 3.8) is 0 Å². The summed E-state index contributed by atoms with van der Waals surface area (Å²) in [6.07, 6.45) is 1.48.